The molecule has 0 fully saturated rings. The molecule has 1 N–H and O–H groups in total. The van der Waals surface area contributed by atoms with Gasteiger partial charge in [0, 0.05) is 10.2 Å². The molecule has 1 aromatic carbocycles. The summed E-state index contributed by atoms with van der Waals surface area (Å²) >= 11 is 4.77. The molecular weight excluding hydrogens is 328 g/mol. The number of esters is 1. The van der Waals surface area contributed by atoms with Crippen molar-refractivity contribution in [2.75, 3.05) is 12.4 Å². The molecule has 2 aromatic rings. The third-order valence-electron chi connectivity index (χ3n) is 2.68. The van der Waals surface area contributed by atoms with Crippen LogP contribution in [0, 0.1) is 13.8 Å². The summed E-state index contributed by atoms with van der Waals surface area (Å²) in [5.41, 5.74) is 2.72. The van der Waals surface area contributed by atoms with Crippen molar-refractivity contribution in [3.05, 3.63) is 38.8 Å². The average molecular weight is 341 g/mol. The molecule has 19 heavy (non-hydrogen) atoms. The molecule has 100 valence electrons. The molecule has 0 aliphatic rings. The lowest BCUT2D eigenvalue weighted by Gasteiger charge is -2.07. The number of rotatable bonds is 3. The Hall–Kier alpha value is -1.40. The first-order chi connectivity index (χ1) is 9.02. The standard InChI is InChI=1S/C13H13BrN2O2S/c1-7-9(14)5-4-6-10(7)16-13-15-8(2)11(19-13)12(17)18-3/h4-6H,1-3H3,(H,15,16). The van der Waals surface area contributed by atoms with Crippen LogP contribution in [0.4, 0.5) is 10.8 Å². The van der Waals surface area contributed by atoms with Gasteiger partial charge in [-0.3, -0.25) is 0 Å². The highest BCUT2D eigenvalue weighted by atomic mass is 79.9. The highest BCUT2D eigenvalue weighted by molar-refractivity contribution is 9.10. The Morgan fingerprint density at radius 1 is 1.42 bits per heavy atom. The summed E-state index contributed by atoms with van der Waals surface area (Å²) in [6.45, 7) is 3.80. The van der Waals surface area contributed by atoms with Crippen LogP contribution in [0.1, 0.15) is 20.9 Å². The topological polar surface area (TPSA) is 51.2 Å². The molecule has 4 nitrogen and oxygen atoms in total. The zero-order valence-corrected chi connectivity index (χ0v) is 13.2. The summed E-state index contributed by atoms with van der Waals surface area (Å²) in [5, 5.41) is 3.90. The number of halogens is 1. The van der Waals surface area contributed by atoms with Crippen molar-refractivity contribution in [3.8, 4) is 0 Å². The molecule has 0 atom stereocenters. The third-order valence-corrected chi connectivity index (χ3v) is 4.59. The molecule has 0 aliphatic carbocycles. The number of carbonyl (C=O) groups excluding carboxylic acids is 1. The van der Waals surface area contributed by atoms with Crippen LogP contribution in [0.3, 0.4) is 0 Å². The number of methoxy groups -OCH3 is 1. The lowest BCUT2D eigenvalue weighted by atomic mass is 10.2. The van der Waals surface area contributed by atoms with Gasteiger partial charge in [0.2, 0.25) is 0 Å². The Morgan fingerprint density at radius 3 is 2.84 bits per heavy atom. The Bertz CT molecular complexity index is 625. The van der Waals surface area contributed by atoms with Gasteiger partial charge in [-0.25, -0.2) is 9.78 Å². The Balaban J connectivity index is 2.29. The number of anilines is 2. The second-order valence-electron chi connectivity index (χ2n) is 3.96. The van der Waals surface area contributed by atoms with Crippen molar-refractivity contribution in [2.45, 2.75) is 13.8 Å². The van der Waals surface area contributed by atoms with Crippen LogP contribution in [0.25, 0.3) is 0 Å². The predicted octanol–water partition coefficient (Wildman–Crippen LogP) is 4.05. The molecule has 0 amide bonds. The van der Waals surface area contributed by atoms with Gasteiger partial charge in [0.15, 0.2) is 5.13 Å². The van der Waals surface area contributed by atoms with Crippen molar-refractivity contribution < 1.29 is 9.53 Å². The van der Waals surface area contributed by atoms with E-state index >= 15 is 0 Å². The summed E-state index contributed by atoms with van der Waals surface area (Å²) in [6.07, 6.45) is 0. The first-order valence-electron chi connectivity index (χ1n) is 5.60. The smallest absolute Gasteiger partial charge is 0.350 e. The molecule has 1 heterocycles. The zero-order chi connectivity index (χ0) is 14.0. The minimum Gasteiger partial charge on any atom is -0.465 e. The minimum atomic E-state index is -0.353. The fourth-order valence-electron chi connectivity index (χ4n) is 1.59. The molecule has 0 spiro atoms. The van der Waals surface area contributed by atoms with E-state index in [9.17, 15) is 4.79 Å². The Labute approximate surface area is 124 Å². The van der Waals surface area contributed by atoms with Gasteiger partial charge in [0.1, 0.15) is 4.88 Å². The number of nitrogens with zero attached hydrogens (tertiary/aromatic N) is 1. The number of ether oxygens (including phenoxy) is 1. The molecule has 0 unspecified atom stereocenters. The largest absolute Gasteiger partial charge is 0.465 e. The molecule has 2 rings (SSSR count). The van der Waals surface area contributed by atoms with E-state index in [4.69, 9.17) is 4.74 Å². The second kappa shape index (κ2) is 5.71. The number of carbonyl (C=O) groups is 1. The SMILES string of the molecule is COC(=O)c1sc(Nc2cccc(Br)c2C)nc1C. The van der Waals surface area contributed by atoms with Crippen LogP contribution >= 0.6 is 27.3 Å². The van der Waals surface area contributed by atoms with Gasteiger partial charge in [0.25, 0.3) is 0 Å². The lowest BCUT2D eigenvalue weighted by Crippen LogP contribution is -1.99. The highest BCUT2D eigenvalue weighted by Crippen LogP contribution is 2.30. The minimum absolute atomic E-state index is 0.353. The summed E-state index contributed by atoms with van der Waals surface area (Å²) in [6, 6.07) is 5.89. The lowest BCUT2D eigenvalue weighted by molar-refractivity contribution is 0.0605. The number of aromatic nitrogens is 1. The van der Waals surface area contributed by atoms with E-state index in [0.717, 1.165) is 15.7 Å². The average Bonchev–Trinajstić information content (AvgIpc) is 2.75. The molecule has 0 saturated heterocycles. The summed E-state index contributed by atoms with van der Waals surface area (Å²) in [5.74, 6) is -0.353. The number of benzene rings is 1. The van der Waals surface area contributed by atoms with Crippen LogP contribution in [0.15, 0.2) is 22.7 Å². The number of hydrogen-bond donors (Lipinski definition) is 1. The van der Waals surface area contributed by atoms with Crippen molar-refractivity contribution >= 4 is 44.1 Å². The van der Waals surface area contributed by atoms with Crippen LogP contribution in [-0.2, 0) is 4.74 Å². The summed E-state index contributed by atoms with van der Waals surface area (Å²) in [7, 11) is 1.37. The first kappa shape index (κ1) is 14.0. The number of aryl methyl sites for hydroxylation is 1. The molecule has 0 radical (unpaired) electrons. The van der Waals surface area contributed by atoms with Gasteiger partial charge in [-0.2, -0.15) is 0 Å². The third kappa shape index (κ3) is 2.96. The second-order valence-corrected chi connectivity index (χ2v) is 5.82. The van der Waals surface area contributed by atoms with Crippen LogP contribution < -0.4 is 5.32 Å². The predicted molar refractivity (Wildman–Crippen MR) is 80.4 cm³/mol. The molecule has 0 bridgehead atoms. The highest BCUT2D eigenvalue weighted by Gasteiger charge is 2.16. The van der Waals surface area contributed by atoms with Crippen LogP contribution in [0.5, 0.6) is 0 Å². The van der Waals surface area contributed by atoms with Crippen LogP contribution in [-0.4, -0.2) is 18.1 Å². The molecular formula is C13H13BrN2O2S. The van der Waals surface area contributed by atoms with Crippen molar-refractivity contribution in [3.63, 3.8) is 0 Å². The van der Waals surface area contributed by atoms with E-state index in [1.807, 2.05) is 25.1 Å². The Kier molecular flexibility index (Phi) is 4.21. The van der Waals surface area contributed by atoms with Gasteiger partial charge in [-0.1, -0.05) is 33.3 Å². The van der Waals surface area contributed by atoms with Crippen molar-refractivity contribution in [1.29, 1.82) is 0 Å². The van der Waals surface area contributed by atoms with Gasteiger partial charge in [-0.15, -0.1) is 0 Å². The number of thiazole rings is 1. The van der Waals surface area contributed by atoms with Crippen molar-refractivity contribution in [1.82, 2.24) is 4.98 Å². The summed E-state index contributed by atoms with van der Waals surface area (Å²) in [4.78, 5) is 16.4. The fraction of sp³-hybridized carbons (Fsp3) is 0.231. The maximum Gasteiger partial charge on any atom is 0.350 e. The number of nitrogens with one attached hydrogen (secondary N) is 1. The van der Waals surface area contributed by atoms with E-state index in [1.54, 1.807) is 6.92 Å². The zero-order valence-electron chi connectivity index (χ0n) is 10.8. The van der Waals surface area contributed by atoms with Crippen LogP contribution in [0.2, 0.25) is 0 Å². The molecule has 0 saturated carbocycles. The molecule has 0 aliphatic heterocycles. The van der Waals surface area contributed by atoms with Crippen molar-refractivity contribution in [2.24, 2.45) is 0 Å². The van der Waals surface area contributed by atoms with Gasteiger partial charge in [-0.05, 0) is 31.5 Å². The normalized spacial score (nSPS) is 10.3. The fourth-order valence-corrected chi connectivity index (χ4v) is 2.85. The maximum absolute atomic E-state index is 11.5. The van der Waals surface area contributed by atoms with Gasteiger partial charge in [0.05, 0.1) is 12.8 Å². The first-order valence-corrected chi connectivity index (χ1v) is 7.21. The van der Waals surface area contributed by atoms with Gasteiger partial charge < -0.3 is 10.1 Å². The molecule has 1 aromatic heterocycles. The number of hydrogen-bond acceptors (Lipinski definition) is 5. The van der Waals surface area contributed by atoms with E-state index in [-0.39, 0.29) is 5.97 Å². The van der Waals surface area contributed by atoms with E-state index in [1.165, 1.54) is 18.4 Å². The van der Waals surface area contributed by atoms with E-state index in [0.29, 0.717) is 15.7 Å². The summed E-state index contributed by atoms with van der Waals surface area (Å²) < 4.78 is 5.75. The van der Waals surface area contributed by atoms with Gasteiger partial charge >= 0.3 is 5.97 Å². The Morgan fingerprint density at radius 2 is 2.16 bits per heavy atom. The van der Waals surface area contributed by atoms with E-state index < -0.39 is 0 Å². The maximum atomic E-state index is 11.5. The molecule has 6 heteroatoms. The van der Waals surface area contributed by atoms with E-state index in [2.05, 4.69) is 26.2 Å². The monoisotopic (exact) mass is 340 g/mol. The quantitative estimate of drug-likeness (QED) is 0.856.